The summed E-state index contributed by atoms with van der Waals surface area (Å²) in [5.74, 6) is -0.969. The van der Waals surface area contributed by atoms with Gasteiger partial charge in [-0.15, -0.1) is 0 Å². The zero-order chi connectivity index (χ0) is 31.5. The monoisotopic (exact) mass is 588 g/mol. The van der Waals surface area contributed by atoms with E-state index < -0.39 is 17.6 Å². The summed E-state index contributed by atoms with van der Waals surface area (Å²) in [4.78, 5) is 48.5. The largest absolute Gasteiger partial charge is 0.465 e. The molecule has 1 aromatic heterocycles. The van der Waals surface area contributed by atoms with E-state index >= 15 is 0 Å². The number of esters is 3. The van der Waals surface area contributed by atoms with Crippen LogP contribution in [0.15, 0.2) is 76.0 Å². The van der Waals surface area contributed by atoms with Crippen LogP contribution in [0.1, 0.15) is 64.5 Å². The lowest BCUT2D eigenvalue weighted by Crippen LogP contribution is -2.12. The number of benzene rings is 2. The molecule has 0 unspecified atom stereocenters. The molecule has 0 fully saturated rings. The van der Waals surface area contributed by atoms with Crippen LogP contribution in [-0.4, -0.2) is 31.1 Å². The average Bonchev–Trinajstić information content (AvgIpc) is 2.97. The van der Waals surface area contributed by atoms with Crippen LogP contribution in [0, 0.1) is 5.92 Å². The summed E-state index contributed by atoms with van der Waals surface area (Å²) < 4.78 is 21.7. The van der Waals surface area contributed by atoms with Crippen LogP contribution >= 0.6 is 0 Å². The molecule has 0 amide bonds. The van der Waals surface area contributed by atoms with E-state index in [4.69, 9.17) is 18.6 Å². The first kappa shape index (κ1) is 33.0. The Morgan fingerprint density at radius 2 is 1.44 bits per heavy atom. The number of rotatable bonds is 15. The summed E-state index contributed by atoms with van der Waals surface area (Å²) in [6.07, 6.45) is 4.23. The molecule has 2 aromatic carbocycles. The number of ether oxygens (including phenoxy) is 3. The molecule has 0 aliphatic heterocycles. The molecule has 0 bridgehead atoms. The number of hydrogen-bond acceptors (Lipinski definition) is 8. The summed E-state index contributed by atoms with van der Waals surface area (Å²) >= 11 is 0. The van der Waals surface area contributed by atoms with Gasteiger partial charge in [0, 0.05) is 16.5 Å². The van der Waals surface area contributed by atoms with Gasteiger partial charge in [-0.3, -0.25) is 4.79 Å². The van der Waals surface area contributed by atoms with Crippen molar-refractivity contribution in [3.8, 4) is 16.9 Å². The maximum atomic E-state index is 13.2. The minimum Gasteiger partial charge on any atom is -0.465 e. The van der Waals surface area contributed by atoms with Crippen LogP contribution in [0.4, 0.5) is 0 Å². The van der Waals surface area contributed by atoms with E-state index in [1.807, 2.05) is 18.2 Å². The third-order valence-electron chi connectivity index (χ3n) is 6.79. The highest BCUT2D eigenvalue weighted by Gasteiger charge is 2.16. The van der Waals surface area contributed by atoms with Crippen LogP contribution in [0.25, 0.3) is 22.1 Å². The molecule has 43 heavy (non-hydrogen) atoms. The predicted molar refractivity (Wildman–Crippen MR) is 166 cm³/mol. The number of fused-ring (bicyclic) bond motifs is 1. The molecule has 0 saturated heterocycles. The summed E-state index contributed by atoms with van der Waals surface area (Å²) in [6.45, 7) is 14.6. The van der Waals surface area contributed by atoms with Crippen molar-refractivity contribution < 1.29 is 33.0 Å². The first-order valence-corrected chi connectivity index (χ1v) is 14.5. The fourth-order valence-electron chi connectivity index (χ4n) is 4.34. The Bertz CT molecular complexity index is 1540. The number of carbonyl (C=O) groups is 3. The highest BCUT2D eigenvalue weighted by molar-refractivity contribution is 5.89. The van der Waals surface area contributed by atoms with Gasteiger partial charge in [-0.05, 0) is 87.3 Å². The Balaban J connectivity index is 1.82. The number of hydrogen-bond donors (Lipinski definition) is 0. The molecule has 8 nitrogen and oxygen atoms in total. The maximum Gasteiger partial charge on any atom is 0.344 e. The third-order valence-corrected chi connectivity index (χ3v) is 6.79. The van der Waals surface area contributed by atoms with Crippen molar-refractivity contribution in [3.05, 3.63) is 88.3 Å². The summed E-state index contributed by atoms with van der Waals surface area (Å²) in [5, 5.41) is 0.785. The summed E-state index contributed by atoms with van der Waals surface area (Å²) in [7, 11) is 0. The molecule has 8 heteroatoms. The molecule has 0 atom stereocenters. The van der Waals surface area contributed by atoms with Crippen molar-refractivity contribution in [1.29, 1.82) is 0 Å². The smallest absolute Gasteiger partial charge is 0.344 e. The van der Waals surface area contributed by atoms with Crippen molar-refractivity contribution in [2.45, 2.75) is 66.2 Å². The highest BCUT2D eigenvalue weighted by atomic mass is 16.5. The van der Waals surface area contributed by atoms with Gasteiger partial charge >= 0.3 is 23.5 Å². The number of unbranched alkanes of at least 4 members (excludes halogenated alkanes) is 2. The lowest BCUT2D eigenvalue weighted by atomic mass is 9.94. The van der Waals surface area contributed by atoms with Gasteiger partial charge in [-0.2, -0.15) is 0 Å². The van der Waals surface area contributed by atoms with E-state index in [0.29, 0.717) is 66.9 Å². The van der Waals surface area contributed by atoms with Gasteiger partial charge in [0.1, 0.15) is 11.3 Å². The fraction of sp³-hybridized carbons (Fsp3) is 0.371. The number of aryl methyl sites for hydroxylation is 2. The van der Waals surface area contributed by atoms with Crippen LogP contribution in [0.5, 0.6) is 5.75 Å². The molecule has 0 aliphatic carbocycles. The van der Waals surface area contributed by atoms with Crippen molar-refractivity contribution in [1.82, 2.24) is 0 Å². The first-order chi connectivity index (χ1) is 20.5. The number of carbonyl (C=O) groups excluding carboxylic acids is 3. The summed E-state index contributed by atoms with van der Waals surface area (Å²) in [5.41, 5.74) is 3.73. The zero-order valence-corrected chi connectivity index (χ0v) is 25.5. The standard InChI is InChI=1S/C35H40O8/c1-22(2)32(36)40-19-9-7-11-25-13-14-27-21-30(26-15-17-28(18-16-26)42-34(38)24(5)6)35(39)43-31(27)29(25)12-8-10-20-41-33(37)23(3)4/h13-18,21,23H,1,5,7-12,19-20H2,2-4,6H3. The van der Waals surface area contributed by atoms with Gasteiger partial charge in [-0.25, -0.2) is 14.4 Å². The van der Waals surface area contributed by atoms with Gasteiger partial charge in [0.25, 0.3) is 0 Å². The van der Waals surface area contributed by atoms with E-state index in [1.54, 1.807) is 52.0 Å². The van der Waals surface area contributed by atoms with Crippen molar-refractivity contribution in [2.75, 3.05) is 13.2 Å². The van der Waals surface area contributed by atoms with Crippen LogP contribution < -0.4 is 10.4 Å². The molecule has 1 heterocycles. The molecule has 0 N–H and O–H groups in total. The fourth-order valence-corrected chi connectivity index (χ4v) is 4.34. The highest BCUT2D eigenvalue weighted by Crippen LogP contribution is 2.29. The molecule has 3 aromatic rings. The normalized spacial score (nSPS) is 10.9. The molecule has 3 rings (SSSR count). The maximum absolute atomic E-state index is 13.2. The van der Waals surface area contributed by atoms with E-state index in [9.17, 15) is 19.2 Å². The van der Waals surface area contributed by atoms with Crippen molar-refractivity contribution in [2.24, 2.45) is 5.92 Å². The second kappa shape index (κ2) is 15.7. The van der Waals surface area contributed by atoms with Gasteiger partial charge in [0.15, 0.2) is 0 Å². The first-order valence-electron chi connectivity index (χ1n) is 14.5. The van der Waals surface area contributed by atoms with E-state index in [-0.39, 0.29) is 17.5 Å². The lowest BCUT2D eigenvalue weighted by Gasteiger charge is -2.14. The van der Waals surface area contributed by atoms with Crippen LogP contribution in [0.2, 0.25) is 0 Å². The Morgan fingerprint density at radius 1 is 0.814 bits per heavy atom. The van der Waals surface area contributed by atoms with Gasteiger partial charge in [0.05, 0.1) is 24.7 Å². The zero-order valence-electron chi connectivity index (χ0n) is 25.5. The van der Waals surface area contributed by atoms with E-state index in [2.05, 4.69) is 13.2 Å². The second-order valence-electron chi connectivity index (χ2n) is 10.9. The summed E-state index contributed by atoms with van der Waals surface area (Å²) in [6, 6.07) is 12.4. The Kier molecular flexibility index (Phi) is 12.0. The third kappa shape index (κ3) is 9.53. The Morgan fingerprint density at radius 3 is 2.07 bits per heavy atom. The topological polar surface area (TPSA) is 109 Å². The molecular formula is C35H40O8. The molecule has 0 saturated carbocycles. The van der Waals surface area contributed by atoms with Crippen LogP contribution in [0.3, 0.4) is 0 Å². The molecule has 228 valence electrons. The SMILES string of the molecule is C=C(C)C(=O)OCCCCc1ccc2cc(-c3ccc(OC(=O)C(=C)C)cc3)c(=O)oc2c1CCCCOC(=O)C(C)C. The van der Waals surface area contributed by atoms with Gasteiger partial charge in [-0.1, -0.05) is 51.3 Å². The van der Waals surface area contributed by atoms with Crippen molar-refractivity contribution >= 4 is 28.9 Å². The van der Waals surface area contributed by atoms with Crippen molar-refractivity contribution in [3.63, 3.8) is 0 Å². The minimum atomic E-state index is -0.521. The van der Waals surface area contributed by atoms with Crippen LogP contribution in [-0.2, 0) is 36.7 Å². The quantitative estimate of drug-likeness (QED) is 0.0620. The molecule has 0 aliphatic rings. The Labute approximate surface area is 252 Å². The average molecular weight is 589 g/mol. The van der Waals surface area contributed by atoms with Gasteiger partial charge < -0.3 is 18.6 Å². The Hall–Kier alpha value is -4.46. The minimum absolute atomic E-state index is 0.176. The van der Waals surface area contributed by atoms with Gasteiger partial charge in [0.2, 0.25) is 0 Å². The lowest BCUT2D eigenvalue weighted by molar-refractivity contribution is -0.147. The predicted octanol–water partition coefficient (Wildman–Crippen LogP) is 6.91. The molecule has 0 spiro atoms. The molecular weight excluding hydrogens is 548 g/mol. The van der Waals surface area contributed by atoms with E-state index in [0.717, 1.165) is 29.4 Å². The van der Waals surface area contributed by atoms with E-state index in [1.165, 1.54) is 0 Å². The second-order valence-corrected chi connectivity index (χ2v) is 10.9. The molecule has 0 radical (unpaired) electrons.